The lowest BCUT2D eigenvalue weighted by Gasteiger charge is -2.28. The molecular formula is C12H14Cl2O2. The highest BCUT2D eigenvalue weighted by molar-refractivity contribution is 6.42. The fourth-order valence-electron chi connectivity index (χ4n) is 2.25. The molecule has 2 rings (SSSR count). The first-order valence-electron chi connectivity index (χ1n) is 5.38. The van der Waals surface area contributed by atoms with Crippen molar-refractivity contribution in [3.8, 4) is 0 Å². The number of aliphatic hydroxyl groups is 2. The Hall–Kier alpha value is -0.280. The number of benzene rings is 1. The van der Waals surface area contributed by atoms with E-state index in [0.29, 0.717) is 28.5 Å². The van der Waals surface area contributed by atoms with E-state index in [4.69, 9.17) is 23.2 Å². The zero-order valence-corrected chi connectivity index (χ0v) is 10.3. The molecule has 0 radical (unpaired) electrons. The maximum Gasteiger partial charge on any atom is 0.108 e. The lowest BCUT2D eigenvalue weighted by Crippen LogP contribution is -2.32. The highest BCUT2D eigenvalue weighted by atomic mass is 35.5. The SMILES string of the molecule is OC(c1ccc(Cl)c(Cl)c1)C1(O)CCCC1. The highest BCUT2D eigenvalue weighted by Gasteiger charge is 2.39. The summed E-state index contributed by atoms with van der Waals surface area (Å²) in [5, 5.41) is 21.2. The van der Waals surface area contributed by atoms with E-state index in [9.17, 15) is 10.2 Å². The summed E-state index contributed by atoms with van der Waals surface area (Å²) in [5.41, 5.74) is -0.379. The second-order valence-corrected chi connectivity index (χ2v) is 5.20. The van der Waals surface area contributed by atoms with E-state index in [1.807, 2.05) is 0 Å². The van der Waals surface area contributed by atoms with Crippen LogP contribution in [0.3, 0.4) is 0 Å². The summed E-state index contributed by atoms with van der Waals surface area (Å²) in [6, 6.07) is 4.96. The summed E-state index contributed by atoms with van der Waals surface area (Å²) in [6.07, 6.45) is 2.29. The number of halogens is 2. The number of hydrogen-bond donors (Lipinski definition) is 2. The molecule has 4 heteroatoms. The molecule has 0 heterocycles. The minimum atomic E-state index is -1.00. The largest absolute Gasteiger partial charge is 0.387 e. The van der Waals surface area contributed by atoms with Crippen molar-refractivity contribution in [1.29, 1.82) is 0 Å². The molecule has 0 aromatic heterocycles. The van der Waals surface area contributed by atoms with Gasteiger partial charge in [-0.25, -0.2) is 0 Å². The Bertz CT molecular complexity index is 387. The predicted molar refractivity (Wildman–Crippen MR) is 64.8 cm³/mol. The van der Waals surface area contributed by atoms with Gasteiger partial charge in [0.05, 0.1) is 15.6 Å². The van der Waals surface area contributed by atoms with Crippen molar-refractivity contribution < 1.29 is 10.2 Å². The van der Waals surface area contributed by atoms with Gasteiger partial charge in [-0.3, -0.25) is 0 Å². The Labute approximate surface area is 105 Å². The van der Waals surface area contributed by atoms with Crippen molar-refractivity contribution in [2.45, 2.75) is 37.4 Å². The maximum atomic E-state index is 10.2. The van der Waals surface area contributed by atoms with E-state index in [1.54, 1.807) is 18.2 Å². The van der Waals surface area contributed by atoms with Gasteiger partial charge in [-0.2, -0.15) is 0 Å². The van der Waals surface area contributed by atoms with Gasteiger partial charge in [0.25, 0.3) is 0 Å². The van der Waals surface area contributed by atoms with Gasteiger partial charge in [0, 0.05) is 0 Å². The van der Waals surface area contributed by atoms with Crippen LogP contribution in [-0.4, -0.2) is 15.8 Å². The summed E-state index contributed by atoms with van der Waals surface area (Å²) in [7, 11) is 0. The van der Waals surface area contributed by atoms with E-state index in [-0.39, 0.29) is 0 Å². The normalized spacial score (nSPS) is 21.0. The van der Waals surface area contributed by atoms with Gasteiger partial charge < -0.3 is 10.2 Å². The number of hydrogen-bond acceptors (Lipinski definition) is 2. The Kier molecular flexibility index (Phi) is 3.45. The molecule has 1 aromatic rings. The Balaban J connectivity index is 2.26. The van der Waals surface area contributed by atoms with E-state index in [1.165, 1.54) is 0 Å². The van der Waals surface area contributed by atoms with Crippen LogP contribution < -0.4 is 0 Å². The molecule has 0 saturated heterocycles. The zero-order chi connectivity index (χ0) is 11.8. The summed E-state index contributed by atoms with van der Waals surface area (Å²) in [5.74, 6) is 0. The van der Waals surface area contributed by atoms with Crippen LogP contribution >= 0.6 is 23.2 Å². The van der Waals surface area contributed by atoms with Crippen molar-refractivity contribution in [1.82, 2.24) is 0 Å². The van der Waals surface area contributed by atoms with Crippen molar-refractivity contribution in [2.24, 2.45) is 0 Å². The van der Waals surface area contributed by atoms with Crippen LogP contribution in [0, 0.1) is 0 Å². The average Bonchev–Trinajstić information content (AvgIpc) is 2.70. The van der Waals surface area contributed by atoms with Crippen molar-refractivity contribution in [3.05, 3.63) is 33.8 Å². The van der Waals surface area contributed by atoms with E-state index >= 15 is 0 Å². The molecule has 2 nitrogen and oxygen atoms in total. The summed E-state index contributed by atoms with van der Waals surface area (Å²) in [6.45, 7) is 0. The molecule has 0 bridgehead atoms. The van der Waals surface area contributed by atoms with E-state index in [0.717, 1.165) is 12.8 Å². The second kappa shape index (κ2) is 4.53. The molecule has 1 aromatic carbocycles. The van der Waals surface area contributed by atoms with Crippen molar-refractivity contribution in [2.75, 3.05) is 0 Å². The molecule has 0 spiro atoms. The minimum absolute atomic E-state index is 0.403. The summed E-state index contributed by atoms with van der Waals surface area (Å²) < 4.78 is 0. The standard InChI is InChI=1S/C12H14Cl2O2/c13-9-4-3-8(7-10(9)14)11(15)12(16)5-1-2-6-12/h3-4,7,11,15-16H,1-2,5-6H2. The first-order valence-corrected chi connectivity index (χ1v) is 6.14. The van der Waals surface area contributed by atoms with Gasteiger partial charge in [0.1, 0.15) is 6.10 Å². The topological polar surface area (TPSA) is 40.5 Å². The molecular weight excluding hydrogens is 247 g/mol. The molecule has 1 atom stereocenters. The molecule has 1 saturated carbocycles. The van der Waals surface area contributed by atoms with E-state index < -0.39 is 11.7 Å². The molecule has 2 N–H and O–H groups in total. The highest BCUT2D eigenvalue weighted by Crippen LogP contribution is 2.40. The first-order chi connectivity index (χ1) is 7.53. The summed E-state index contributed by atoms with van der Waals surface area (Å²) >= 11 is 11.7. The van der Waals surface area contributed by atoms with Crippen LogP contribution in [0.4, 0.5) is 0 Å². The molecule has 1 fully saturated rings. The lowest BCUT2D eigenvalue weighted by atomic mass is 9.90. The monoisotopic (exact) mass is 260 g/mol. The fourth-order valence-corrected chi connectivity index (χ4v) is 2.56. The van der Waals surface area contributed by atoms with Gasteiger partial charge in [-0.1, -0.05) is 42.1 Å². The third-order valence-electron chi connectivity index (χ3n) is 3.24. The fraction of sp³-hybridized carbons (Fsp3) is 0.500. The van der Waals surface area contributed by atoms with Gasteiger partial charge in [0.15, 0.2) is 0 Å². The summed E-state index contributed by atoms with van der Waals surface area (Å²) in [4.78, 5) is 0. The lowest BCUT2D eigenvalue weighted by molar-refractivity contribution is -0.0719. The predicted octanol–water partition coefficient (Wildman–Crippen LogP) is 3.33. The molecule has 1 unspecified atom stereocenters. The van der Waals surface area contributed by atoms with Crippen LogP contribution in [0.25, 0.3) is 0 Å². The van der Waals surface area contributed by atoms with Crippen LogP contribution in [-0.2, 0) is 0 Å². The second-order valence-electron chi connectivity index (χ2n) is 4.39. The van der Waals surface area contributed by atoms with Crippen molar-refractivity contribution in [3.63, 3.8) is 0 Å². The number of aliphatic hydroxyl groups excluding tert-OH is 1. The average molecular weight is 261 g/mol. The molecule has 1 aliphatic carbocycles. The van der Waals surface area contributed by atoms with Gasteiger partial charge >= 0.3 is 0 Å². The zero-order valence-electron chi connectivity index (χ0n) is 8.79. The smallest absolute Gasteiger partial charge is 0.108 e. The molecule has 1 aliphatic rings. The maximum absolute atomic E-state index is 10.2. The third-order valence-corrected chi connectivity index (χ3v) is 3.98. The van der Waals surface area contributed by atoms with Crippen LogP contribution in [0.5, 0.6) is 0 Å². The molecule has 16 heavy (non-hydrogen) atoms. The molecule has 88 valence electrons. The third kappa shape index (κ3) is 2.21. The number of rotatable bonds is 2. The van der Waals surface area contributed by atoms with Crippen LogP contribution in [0.1, 0.15) is 37.4 Å². The van der Waals surface area contributed by atoms with Gasteiger partial charge in [-0.15, -0.1) is 0 Å². The quantitative estimate of drug-likeness (QED) is 0.857. The molecule has 0 aliphatic heterocycles. The van der Waals surface area contributed by atoms with Gasteiger partial charge in [0.2, 0.25) is 0 Å². The minimum Gasteiger partial charge on any atom is -0.387 e. The van der Waals surface area contributed by atoms with Crippen molar-refractivity contribution >= 4 is 23.2 Å². The molecule has 0 amide bonds. The van der Waals surface area contributed by atoms with Gasteiger partial charge in [-0.05, 0) is 30.5 Å². The van der Waals surface area contributed by atoms with Crippen LogP contribution in [0.2, 0.25) is 10.0 Å². The Morgan fingerprint density at radius 3 is 2.31 bits per heavy atom. The Morgan fingerprint density at radius 1 is 1.12 bits per heavy atom. The first kappa shape index (κ1) is 12.2. The van der Waals surface area contributed by atoms with E-state index in [2.05, 4.69) is 0 Å². The Morgan fingerprint density at radius 2 is 1.75 bits per heavy atom. The van der Waals surface area contributed by atoms with Crippen LogP contribution in [0.15, 0.2) is 18.2 Å².